The van der Waals surface area contributed by atoms with Crippen LogP contribution in [0.4, 0.5) is 0 Å². The minimum absolute atomic E-state index is 0.0753. The van der Waals surface area contributed by atoms with Gasteiger partial charge < -0.3 is 14.2 Å². The zero-order chi connectivity index (χ0) is 16.5. The Morgan fingerprint density at radius 3 is 2.79 bits per heavy atom. The molecule has 0 aromatic carbocycles. The first kappa shape index (κ1) is 16.0. The summed E-state index contributed by atoms with van der Waals surface area (Å²) < 4.78 is 7.72. The summed E-state index contributed by atoms with van der Waals surface area (Å²) in [6.07, 6.45) is 8.80. The van der Waals surface area contributed by atoms with Gasteiger partial charge in [0, 0.05) is 19.6 Å². The second-order valence-corrected chi connectivity index (χ2v) is 7.28. The Hall–Kier alpha value is -1.47. The molecule has 2 atom stereocenters. The van der Waals surface area contributed by atoms with E-state index >= 15 is 0 Å². The molecule has 24 heavy (non-hydrogen) atoms. The highest BCUT2D eigenvalue weighted by Crippen LogP contribution is 2.31. The van der Waals surface area contributed by atoms with Crippen LogP contribution < -0.4 is 0 Å². The molecule has 2 aliphatic heterocycles. The molecule has 0 N–H and O–H groups in total. The molecule has 1 aromatic rings. The largest absolute Gasteiger partial charge is 0.366 e. The average molecular weight is 333 g/mol. The van der Waals surface area contributed by atoms with E-state index in [0.29, 0.717) is 25.7 Å². The summed E-state index contributed by atoms with van der Waals surface area (Å²) in [5.74, 6) is 1.08. The van der Waals surface area contributed by atoms with Crippen LogP contribution in [0, 0.1) is 0 Å². The van der Waals surface area contributed by atoms with Crippen molar-refractivity contribution in [3.05, 3.63) is 12.2 Å². The fourth-order valence-corrected chi connectivity index (χ4v) is 4.53. The second kappa shape index (κ2) is 6.80. The number of carbonyl (C=O) groups is 1. The maximum atomic E-state index is 13.2. The van der Waals surface area contributed by atoms with Gasteiger partial charge in [-0.25, -0.2) is 0 Å². The lowest BCUT2D eigenvalue weighted by molar-refractivity contribution is -0.144. The lowest BCUT2D eigenvalue weighted by atomic mass is 10.1. The Kier molecular flexibility index (Phi) is 4.54. The number of hydrogen-bond donors (Lipinski definition) is 0. The van der Waals surface area contributed by atoms with E-state index in [1.807, 2.05) is 16.5 Å². The van der Waals surface area contributed by atoms with Crippen LogP contribution in [0.5, 0.6) is 0 Å². The maximum absolute atomic E-state index is 13.2. The molecule has 1 amide bonds. The molecule has 1 aliphatic carbocycles. The normalized spacial score (nSPS) is 29.5. The van der Waals surface area contributed by atoms with Gasteiger partial charge in [0.15, 0.2) is 5.82 Å². The molecule has 3 aliphatic rings. The van der Waals surface area contributed by atoms with Crippen molar-refractivity contribution in [2.24, 2.45) is 7.05 Å². The molecule has 1 aromatic heterocycles. The highest BCUT2D eigenvalue weighted by molar-refractivity contribution is 5.82. The smallest absolute Gasteiger partial charge is 0.240 e. The number of amides is 1. The van der Waals surface area contributed by atoms with Gasteiger partial charge in [0.1, 0.15) is 12.4 Å². The quantitative estimate of drug-likeness (QED) is 0.829. The number of morpholine rings is 1. The van der Waals surface area contributed by atoms with Gasteiger partial charge in [0.25, 0.3) is 0 Å². The van der Waals surface area contributed by atoms with Crippen LogP contribution in [0.2, 0.25) is 0 Å². The zero-order valence-electron chi connectivity index (χ0n) is 14.4. The number of hydrogen-bond acceptors (Lipinski definition) is 5. The van der Waals surface area contributed by atoms with E-state index in [0.717, 1.165) is 25.2 Å². The minimum atomic E-state index is -0.170. The van der Waals surface area contributed by atoms with Crippen LogP contribution in [0.3, 0.4) is 0 Å². The van der Waals surface area contributed by atoms with Crippen molar-refractivity contribution in [1.82, 2.24) is 24.6 Å². The molecule has 2 saturated heterocycles. The molecule has 7 heteroatoms. The summed E-state index contributed by atoms with van der Waals surface area (Å²) >= 11 is 0. The van der Waals surface area contributed by atoms with E-state index in [2.05, 4.69) is 15.1 Å². The van der Waals surface area contributed by atoms with Gasteiger partial charge in [-0.1, -0.05) is 12.8 Å². The first-order valence-corrected chi connectivity index (χ1v) is 9.24. The van der Waals surface area contributed by atoms with Crippen LogP contribution in [-0.4, -0.2) is 68.8 Å². The van der Waals surface area contributed by atoms with Crippen molar-refractivity contribution in [2.45, 2.75) is 56.7 Å². The Morgan fingerprint density at radius 2 is 2.04 bits per heavy atom. The van der Waals surface area contributed by atoms with Crippen LogP contribution >= 0.6 is 0 Å². The van der Waals surface area contributed by atoms with Crippen molar-refractivity contribution >= 4 is 5.91 Å². The lowest BCUT2D eigenvalue weighted by Gasteiger charge is -2.37. The Balaban J connectivity index is 1.44. The first-order chi connectivity index (χ1) is 11.7. The summed E-state index contributed by atoms with van der Waals surface area (Å²) in [6.45, 7) is 2.92. The third kappa shape index (κ3) is 2.95. The Morgan fingerprint density at radius 1 is 1.21 bits per heavy atom. The molecular weight excluding hydrogens is 306 g/mol. The summed E-state index contributed by atoms with van der Waals surface area (Å²) in [7, 11) is 1.91. The van der Waals surface area contributed by atoms with Crippen molar-refractivity contribution in [3.63, 3.8) is 0 Å². The third-order valence-electron chi connectivity index (χ3n) is 5.79. The maximum Gasteiger partial charge on any atom is 0.240 e. The van der Waals surface area contributed by atoms with E-state index in [1.165, 1.54) is 25.7 Å². The van der Waals surface area contributed by atoms with E-state index < -0.39 is 0 Å². The van der Waals surface area contributed by atoms with Gasteiger partial charge in [-0.3, -0.25) is 9.69 Å². The highest BCUT2D eigenvalue weighted by Gasteiger charge is 2.40. The van der Waals surface area contributed by atoms with E-state index in [9.17, 15) is 4.79 Å². The van der Waals surface area contributed by atoms with E-state index in [4.69, 9.17) is 4.74 Å². The Labute approximate surface area is 143 Å². The van der Waals surface area contributed by atoms with Crippen molar-refractivity contribution < 1.29 is 9.53 Å². The summed E-state index contributed by atoms with van der Waals surface area (Å²) in [5.41, 5.74) is 0. The number of ether oxygens (including phenoxy) is 1. The number of likely N-dealkylation sites (tertiary alicyclic amines) is 1. The van der Waals surface area contributed by atoms with Gasteiger partial charge in [-0.05, 0) is 32.2 Å². The Bertz CT molecular complexity index is 583. The lowest BCUT2D eigenvalue weighted by Crippen LogP contribution is -2.52. The van der Waals surface area contributed by atoms with Crippen LogP contribution in [0.1, 0.15) is 50.5 Å². The van der Waals surface area contributed by atoms with Gasteiger partial charge in [0.05, 0.1) is 19.2 Å². The molecular formula is C17H27N5O2. The average Bonchev–Trinajstić information content (AvgIpc) is 3.34. The zero-order valence-corrected chi connectivity index (χ0v) is 14.4. The minimum Gasteiger partial charge on any atom is -0.366 e. The molecule has 7 nitrogen and oxygen atoms in total. The monoisotopic (exact) mass is 333 g/mol. The number of nitrogens with zero attached hydrogens (tertiary/aromatic N) is 5. The molecule has 4 rings (SSSR count). The molecule has 0 radical (unpaired) electrons. The summed E-state index contributed by atoms with van der Waals surface area (Å²) in [6, 6.07) is 0.698. The number of aromatic nitrogens is 3. The molecule has 3 heterocycles. The van der Waals surface area contributed by atoms with Crippen molar-refractivity contribution in [3.8, 4) is 0 Å². The van der Waals surface area contributed by atoms with E-state index in [-0.39, 0.29) is 18.1 Å². The highest BCUT2D eigenvalue weighted by atomic mass is 16.5. The first-order valence-electron chi connectivity index (χ1n) is 9.24. The SMILES string of the molecule is Cn1cnnc1C1CN(C(=O)C2CCCN2C2CCCC2)CCO1. The van der Waals surface area contributed by atoms with Gasteiger partial charge >= 0.3 is 0 Å². The standard InChI is InChI=1S/C17H27N5O2/c1-20-12-18-19-16(20)15-11-21(9-10-24-15)17(23)14-7-4-8-22(14)13-5-2-3-6-13/h12-15H,2-11H2,1H3. The topological polar surface area (TPSA) is 63.5 Å². The molecule has 132 valence electrons. The van der Waals surface area contributed by atoms with Crippen LogP contribution in [0.25, 0.3) is 0 Å². The molecule has 0 bridgehead atoms. The summed E-state index contributed by atoms with van der Waals surface area (Å²) in [5, 5.41) is 8.08. The number of aryl methyl sites for hydroxylation is 1. The molecule has 3 fully saturated rings. The molecule has 2 unspecified atom stereocenters. The van der Waals surface area contributed by atoms with Gasteiger partial charge in [-0.2, -0.15) is 0 Å². The summed E-state index contributed by atoms with van der Waals surface area (Å²) in [4.78, 5) is 17.6. The predicted molar refractivity (Wildman–Crippen MR) is 88.3 cm³/mol. The molecule has 0 spiro atoms. The van der Waals surface area contributed by atoms with Crippen molar-refractivity contribution in [2.75, 3.05) is 26.2 Å². The predicted octanol–water partition coefficient (Wildman–Crippen LogP) is 1.12. The van der Waals surface area contributed by atoms with Gasteiger partial charge in [0.2, 0.25) is 5.91 Å². The second-order valence-electron chi connectivity index (χ2n) is 7.28. The van der Waals surface area contributed by atoms with E-state index in [1.54, 1.807) is 6.33 Å². The van der Waals surface area contributed by atoms with Crippen LogP contribution in [-0.2, 0) is 16.6 Å². The molecule has 1 saturated carbocycles. The van der Waals surface area contributed by atoms with Crippen LogP contribution in [0.15, 0.2) is 6.33 Å². The fourth-order valence-electron chi connectivity index (χ4n) is 4.53. The number of carbonyl (C=O) groups excluding carboxylic acids is 1. The number of rotatable bonds is 3. The van der Waals surface area contributed by atoms with Crippen molar-refractivity contribution in [1.29, 1.82) is 0 Å². The van der Waals surface area contributed by atoms with Gasteiger partial charge in [-0.15, -0.1) is 10.2 Å². The third-order valence-corrected chi connectivity index (χ3v) is 5.79. The fraction of sp³-hybridized carbons (Fsp3) is 0.824.